The number of likely N-dealkylation sites (N-methyl/N-ethyl adjacent to an activating group) is 1. The lowest BCUT2D eigenvalue weighted by molar-refractivity contribution is -0.152. The largest absolute Gasteiger partial charge is 0.401 e. The summed E-state index contributed by atoms with van der Waals surface area (Å²) in [4.78, 5) is 15.4. The van der Waals surface area contributed by atoms with Crippen molar-refractivity contribution in [3.8, 4) is 0 Å². The zero-order valence-corrected chi connectivity index (χ0v) is 12.2. The molecule has 0 aromatic heterocycles. The summed E-state index contributed by atoms with van der Waals surface area (Å²) in [6.07, 6.45) is -4.18. The molecular formula is C13H22F3N3O2. The van der Waals surface area contributed by atoms with Crippen LogP contribution in [-0.4, -0.2) is 80.4 Å². The summed E-state index contributed by atoms with van der Waals surface area (Å²) >= 11 is 0. The first-order chi connectivity index (χ1) is 9.90. The smallest absolute Gasteiger partial charge is 0.379 e. The van der Waals surface area contributed by atoms with E-state index >= 15 is 0 Å². The van der Waals surface area contributed by atoms with Gasteiger partial charge in [-0.3, -0.25) is 9.69 Å². The van der Waals surface area contributed by atoms with Crippen molar-refractivity contribution in [2.45, 2.75) is 19.1 Å². The van der Waals surface area contributed by atoms with Gasteiger partial charge in [0, 0.05) is 32.2 Å². The highest BCUT2D eigenvalue weighted by Gasteiger charge is 2.38. The summed E-state index contributed by atoms with van der Waals surface area (Å²) in [5, 5.41) is 3.22. The van der Waals surface area contributed by atoms with E-state index in [0.717, 1.165) is 6.54 Å². The Balaban J connectivity index is 1.83. The zero-order chi connectivity index (χ0) is 15.5. The molecular weight excluding hydrogens is 287 g/mol. The molecule has 2 aliphatic heterocycles. The van der Waals surface area contributed by atoms with Gasteiger partial charge in [0.2, 0.25) is 5.91 Å². The van der Waals surface area contributed by atoms with Crippen LogP contribution in [-0.2, 0) is 9.53 Å². The van der Waals surface area contributed by atoms with Gasteiger partial charge in [-0.05, 0) is 6.54 Å². The topological polar surface area (TPSA) is 44.8 Å². The van der Waals surface area contributed by atoms with Gasteiger partial charge < -0.3 is 15.0 Å². The number of carbonyl (C=O) groups is 1. The SMILES string of the molecule is CCNC1COCC1C(=O)N1CCN(CC(F)(F)F)CC1. The monoisotopic (exact) mass is 309 g/mol. The fourth-order valence-corrected chi connectivity index (χ4v) is 2.88. The Morgan fingerprint density at radius 3 is 2.48 bits per heavy atom. The van der Waals surface area contributed by atoms with E-state index in [1.54, 1.807) is 4.90 Å². The van der Waals surface area contributed by atoms with Gasteiger partial charge in [0.15, 0.2) is 0 Å². The van der Waals surface area contributed by atoms with Gasteiger partial charge in [-0.2, -0.15) is 13.2 Å². The second-order valence-corrected chi connectivity index (χ2v) is 5.52. The fraction of sp³-hybridized carbons (Fsp3) is 0.923. The maximum Gasteiger partial charge on any atom is 0.401 e. The standard InChI is InChI=1S/C13H22F3N3O2/c1-2-17-11-8-21-7-10(11)12(20)19-5-3-18(4-6-19)9-13(14,15)16/h10-11,17H,2-9H2,1H3. The van der Waals surface area contributed by atoms with Gasteiger partial charge in [0.25, 0.3) is 0 Å². The summed E-state index contributed by atoms with van der Waals surface area (Å²) < 4.78 is 42.3. The average Bonchev–Trinajstić information content (AvgIpc) is 2.86. The fourth-order valence-electron chi connectivity index (χ4n) is 2.88. The molecule has 1 N–H and O–H groups in total. The molecule has 0 aromatic rings. The first-order valence-electron chi connectivity index (χ1n) is 7.29. The highest BCUT2D eigenvalue weighted by molar-refractivity contribution is 5.80. The van der Waals surface area contributed by atoms with Gasteiger partial charge in [-0.25, -0.2) is 0 Å². The number of amides is 1. The van der Waals surface area contributed by atoms with Crippen LogP contribution in [0, 0.1) is 5.92 Å². The maximum absolute atomic E-state index is 12.4. The minimum absolute atomic E-state index is 0.00916. The van der Waals surface area contributed by atoms with Crippen molar-refractivity contribution in [2.24, 2.45) is 5.92 Å². The van der Waals surface area contributed by atoms with Crippen molar-refractivity contribution in [3.63, 3.8) is 0 Å². The zero-order valence-electron chi connectivity index (χ0n) is 12.2. The molecule has 2 rings (SSSR count). The van der Waals surface area contributed by atoms with Crippen molar-refractivity contribution in [3.05, 3.63) is 0 Å². The number of nitrogens with one attached hydrogen (secondary N) is 1. The molecule has 2 fully saturated rings. The molecule has 5 nitrogen and oxygen atoms in total. The summed E-state index contributed by atoms with van der Waals surface area (Å²) in [6.45, 7) is 3.97. The number of alkyl halides is 3. The molecule has 1 amide bonds. The number of hydrogen-bond acceptors (Lipinski definition) is 4. The summed E-state index contributed by atoms with van der Waals surface area (Å²) in [7, 11) is 0. The van der Waals surface area contributed by atoms with E-state index in [2.05, 4.69) is 5.32 Å². The van der Waals surface area contributed by atoms with E-state index in [9.17, 15) is 18.0 Å². The molecule has 2 unspecified atom stereocenters. The van der Waals surface area contributed by atoms with Crippen molar-refractivity contribution in [1.82, 2.24) is 15.1 Å². The first-order valence-corrected chi connectivity index (χ1v) is 7.29. The third-order valence-corrected chi connectivity index (χ3v) is 3.95. The number of rotatable bonds is 4. The normalized spacial score (nSPS) is 28.1. The third-order valence-electron chi connectivity index (χ3n) is 3.95. The highest BCUT2D eigenvalue weighted by atomic mass is 19.4. The molecule has 0 aliphatic carbocycles. The second kappa shape index (κ2) is 6.93. The molecule has 2 heterocycles. The Morgan fingerprint density at radius 2 is 1.90 bits per heavy atom. The van der Waals surface area contributed by atoms with E-state index in [0.29, 0.717) is 26.3 Å². The van der Waals surface area contributed by atoms with Gasteiger partial charge in [0.05, 0.1) is 25.7 Å². The van der Waals surface area contributed by atoms with Crippen LogP contribution in [0.25, 0.3) is 0 Å². The number of nitrogens with zero attached hydrogens (tertiary/aromatic N) is 2. The van der Waals surface area contributed by atoms with E-state index in [1.165, 1.54) is 4.90 Å². The lowest BCUT2D eigenvalue weighted by Gasteiger charge is -2.36. The molecule has 2 atom stereocenters. The van der Waals surface area contributed by atoms with Crippen LogP contribution in [0.15, 0.2) is 0 Å². The lowest BCUT2D eigenvalue weighted by atomic mass is 10.0. The van der Waals surface area contributed by atoms with Crippen LogP contribution in [0.4, 0.5) is 13.2 Å². The van der Waals surface area contributed by atoms with Gasteiger partial charge in [0.1, 0.15) is 0 Å². The van der Waals surface area contributed by atoms with Crippen molar-refractivity contribution in [2.75, 3.05) is 52.5 Å². The molecule has 2 saturated heterocycles. The minimum Gasteiger partial charge on any atom is -0.379 e. The number of ether oxygens (including phenoxy) is 1. The first kappa shape index (κ1) is 16.5. The number of piperazine rings is 1. The Labute approximate surface area is 122 Å². The number of hydrogen-bond donors (Lipinski definition) is 1. The van der Waals surface area contributed by atoms with E-state index < -0.39 is 12.7 Å². The van der Waals surface area contributed by atoms with Gasteiger partial charge in [-0.15, -0.1) is 0 Å². The molecule has 0 aromatic carbocycles. The van der Waals surface area contributed by atoms with Crippen molar-refractivity contribution < 1.29 is 22.7 Å². The van der Waals surface area contributed by atoms with Crippen molar-refractivity contribution in [1.29, 1.82) is 0 Å². The maximum atomic E-state index is 12.4. The Kier molecular flexibility index (Phi) is 5.45. The van der Waals surface area contributed by atoms with Crippen LogP contribution in [0.2, 0.25) is 0 Å². The summed E-state index contributed by atoms with van der Waals surface area (Å²) in [6, 6.07) is 0.00991. The molecule has 122 valence electrons. The molecule has 21 heavy (non-hydrogen) atoms. The summed E-state index contributed by atoms with van der Waals surface area (Å²) in [5.41, 5.74) is 0. The van der Waals surface area contributed by atoms with Crippen LogP contribution >= 0.6 is 0 Å². The Hall–Kier alpha value is -0.860. The molecule has 0 radical (unpaired) electrons. The molecule has 2 aliphatic rings. The molecule has 8 heteroatoms. The van der Waals surface area contributed by atoms with E-state index in [4.69, 9.17) is 4.74 Å². The van der Waals surface area contributed by atoms with Crippen LogP contribution in [0.5, 0.6) is 0 Å². The van der Waals surface area contributed by atoms with Crippen LogP contribution in [0.1, 0.15) is 6.92 Å². The lowest BCUT2D eigenvalue weighted by Crippen LogP contribution is -2.54. The predicted octanol–water partition coefficient (Wildman–Crippen LogP) is 0.317. The quantitative estimate of drug-likeness (QED) is 0.812. The Morgan fingerprint density at radius 1 is 1.24 bits per heavy atom. The summed E-state index contributed by atoms with van der Waals surface area (Å²) in [5.74, 6) is -0.232. The second-order valence-electron chi connectivity index (χ2n) is 5.52. The number of carbonyl (C=O) groups excluding carboxylic acids is 1. The van der Waals surface area contributed by atoms with Crippen LogP contribution < -0.4 is 5.32 Å². The minimum atomic E-state index is -4.18. The van der Waals surface area contributed by atoms with E-state index in [1.807, 2.05) is 6.92 Å². The van der Waals surface area contributed by atoms with Crippen LogP contribution in [0.3, 0.4) is 0 Å². The van der Waals surface area contributed by atoms with E-state index in [-0.39, 0.29) is 31.0 Å². The third kappa shape index (κ3) is 4.55. The average molecular weight is 309 g/mol. The molecule has 0 saturated carbocycles. The highest BCUT2D eigenvalue weighted by Crippen LogP contribution is 2.20. The van der Waals surface area contributed by atoms with Crippen molar-refractivity contribution >= 4 is 5.91 Å². The van der Waals surface area contributed by atoms with Gasteiger partial charge in [-0.1, -0.05) is 6.92 Å². The number of halogens is 3. The predicted molar refractivity (Wildman–Crippen MR) is 70.8 cm³/mol. The molecule has 0 bridgehead atoms. The molecule has 0 spiro atoms. The Bertz CT molecular complexity index is 357. The van der Waals surface area contributed by atoms with Gasteiger partial charge >= 0.3 is 6.18 Å².